The van der Waals surface area contributed by atoms with Crippen molar-refractivity contribution < 1.29 is 4.79 Å². The van der Waals surface area contributed by atoms with Gasteiger partial charge in [-0.2, -0.15) is 5.10 Å². The van der Waals surface area contributed by atoms with Crippen LogP contribution in [0.3, 0.4) is 0 Å². The Bertz CT molecular complexity index is 581. The van der Waals surface area contributed by atoms with Crippen LogP contribution in [0, 0.1) is 6.92 Å². The van der Waals surface area contributed by atoms with Crippen LogP contribution in [0.4, 0.5) is 0 Å². The number of aryl methyl sites for hydroxylation is 1. The first-order valence-corrected chi connectivity index (χ1v) is 4.51. The summed E-state index contributed by atoms with van der Waals surface area (Å²) in [6.07, 6.45) is 0.262. The molecule has 2 rings (SSSR count). The number of Topliss-reactive ketones (excluding diaryl/α,β-unsaturated/α-hetero) is 1. The lowest BCUT2D eigenvalue weighted by atomic mass is 10.2. The molecule has 78 valence electrons. The molecule has 0 saturated carbocycles. The summed E-state index contributed by atoms with van der Waals surface area (Å²) in [5, 5.41) is 6.15. The van der Waals surface area contributed by atoms with E-state index in [2.05, 4.69) is 15.2 Å². The molecule has 0 amide bonds. The number of hydrogen-bond acceptors (Lipinski definition) is 4. The van der Waals surface area contributed by atoms with Gasteiger partial charge in [-0.15, -0.1) is 0 Å². The van der Waals surface area contributed by atoms with E-state index >= 15 is 0 Å². The molecule has 6 heteroatoms. The monoisotopic (exact) mass is 206 g/mol. The van der Waals surface area contributed by atoms with Crippen LogP contribution in [0.2, 0.25) is 0 Å². The van der Waals surface area contributed by atoms with Gasteiger partial charge in [-0.25, -0.2) is 19.3 Å². The Labute approximate surface area is 85.0 Å². The minimum atomic E-state index is -0.315. The van der Waals surface area contributed by atoms with E-state index in [1.165, 1.54) is 11.3 Å². The molecule has 0 fully saturated rings. The van der Waals surface area contributed by atoms with Crippen molar-refractivity contribution in [1.29, 1.82) is 0 Å². The quantitative estimate of drug-likeness (QED) is 0.741. The smallest absolute Gasteiger partial charge is 0.300 e. The van der Waals surface area contributed by atoms with Crippen LogP contribution in [-0.4, -0.2) is 25.4 Å². The third-order valence-electron chi connectivity index (χ3n) is 2.05. The number of ketones is 1. The molecular formula is C9H10N4O2. The van der Waals surface area contributed by atoms with Gasteiger partial charge in [-0.3, -0.25) is 4.79 Å². The number of hydrogen-bond donors (Lipinski definition) is 1. The summed E-state index contributed by atoms with van der Waals surface area (Å²) in [6.45, 7) is 3.20. The molecule has 0 spiro atoms. The normalized spacial score (nSPS) is 10.8. The minimum Gasteiger partial charge on any atom is -0.300 e. The van der Waals surface area contributed by atoms with Crippen LogP contribution in [0.15, 0.2) is 10.9 Å². The summed E-state index contributed by atoms with van der Waals surface area (Å²) in [5.74, 6) is 0.562. The summed E-state index contributed by atoms with van der Waals surface area (Å²) in [7, 11) is 0. The van der Waals surface area contributed by atoms with Crippen molar-refractivity contribution in [3.05, 3.63) is 28.1 Å². The van der Waals surface area contributed by atoms with Crippen molar-refractivity contribution in [2.24, 2.45) is 0 Å². The first-order chi connectivity index (χ1) is 7.08. The lowest BCUT2D eigenvalue weighted by molar-refractivity contribution is -0.116. The maximum atomic E-state index is 11.3. The molecule has 2 aromatic heterocycles. The number of carbonyl (C=O) groups is 1. The molecule has 2 heterocycles. The van der Waals surface area contributed by atoms with Crippen molar-refractivity contribution in [2.75, 3.05) is 0 Å². The van der Waals surface area contributed by atoms with E-state index in [1.54, 1.807) is 13.0 Å². The fourth-order valence-corrected chi connectivity index (χ4v) is 1.50. The van der Waals surface area contributed by atoms with Crippen LogP contribution in [-0.2, 0) is 11.2 Å². The van der Waals surface area contributed by atoms with Gasteiger partial charge >= 0.3 is 5.69 Å². The van der Waals surface area contributed by atoms with Gasteiger partial charge in [-0.1, -0.05) is 0 Å². The highest BCUT2D eigenvalue weighted by atomic mass is 16.1. The first kappa shape index (κ1) is 9.57. The highest BCUT2D eigenvalue weighted by Gasteiger charge is 2.07. The highest BCUT2D eigenvalue weighted by molar-refractivity contribution is 5.77. The van der Waals surface area contributed by atoms with E-state index in [-0.39, 0.29) is 17.9 Å². The molecule has 6 nitrogen and oxygen atoms in total. The second-order valence-electron chi connectivity index (χ2n) is 3.40. The Kier molecular flexibility index (Phi) is 2.11. The maximum absolute atomic E-state index is 11.3. The average Bonchev–Trinajstić information content (AvgIpc) is 2.46. The number of fused-ring (bicyclic) bond motifs is 1. The second-order valence-corrected chi connectivity index (χ2v) is 3.40. The molecular weight excluding hydrogens is 196 g/mol. The molecule has 2 aromatic rings. The van der Waals surface area contributed by atoms with Crippen LogP contribution in [0.25, 0.3) is 5.65 Å². The summed E-state index contributed by atoms with van der Waals surface area (Å²) in [5.41, 5.74) is 0.805. The predicted molar refractivity (Wildman–Crippen MR) is 52.7 cm³/mol. The van der Waals surface area contributed by atoms with E-state index in [1.807, 2.05) is 0 Å². The third-order valence-corrected chi connectivity index (χ3v) is 2.05. The molecule has 15 heavy (non-hydrogen) atoms. The predicted octanol–water partition coefficient (Wildman–Crippen LogP) is -0.142. The van der Waals surface area contributed by atoms with Gasteiger partial charge in [0.25, 0.3) is 0 Å². The number of rotatable bonds is 2. The largest absolute Gasteiger partial charge is 0.349 e. The molecule has 1 N–H and O–H groups in total. The van der Waals surface area contributed by atoms with Crippen molar-refractivity contribution in [1.82, 2.24) is 19.6 Å². The first-order valence-electron chi connectivity index (χ1n) is 4.51. The Balaban J connectivity index is 2.63. The van der Waals surface area contributed by atoms with Crippen molar-refractivity contribution in [2.45, 2.75) is 20.3 Å². The SMILES string of the molecule is CC(=O)Cc1cc2n[nH]c(=O)n2c(C)n1. The van der Waals surface area contributed by atoms with E-state index in [0.717, 1.165) is 0 Å². The Hall–Kier alpha value is -1.98. The molecule has 0 aliphatic heterocycles. The van der Waals surface area contributed by atoms with Crippen molar-refractivity contribution in [3.63, 3.8) is 0 Å². The van der Waals surface area contributed by atoms with E-state index in [9.17, 15) is 9.59 Å². The number of aromatic nitrogens is 4. The number of aromatic amines is 1. The standard InChI is InChI=1S/C9H10N4O2/c1-5(14)3-7-4-8-11-12-9(15)13(8)6(2)10-7/h4H,3H2,1-2H3,(H,12,15). The Morgan fingerprint density at radius 2 is 2.33 bits per heavy atom. The van der Waals surface area contributed by atoms with Crippen LogP contribution in [0.1, 0.15) is 18.4 Å². The summed E-state index contributed by atoms with van der Waals surface area (Å²) >= 11 is 0. The number of nitrogens with zero attached hydrogens (tertiary/aromatic N) is 3. The lowest BCUT2D eigenvalue weighted by Gasteiger charge is -2.00. The number of nitrogens with one attached hydrogen (secondary N) is 1. The fraction of sp³-hybridized carbons (Fsp3) is 0.333. The van der Waals surface area contributed by atoms with Gasteiger partial charge in [0.05, 0.1) is 5.69 Å². The summed E-state index contributed by atoms with van der Waals surface area (Å²) in [4.78, 5) is 26.4. The zero-order valence-electron chi connectivity index (χ0n) is 8.44. The molecule has 0 unspecified atom stereocenters. The van der Waals surface area contributed by atoms with Crippen LogP contribution >= 0.6 is 0 Å². The van der Waals surface area contributed by atoms with Crippen molar-refractivity contribution in [3.8, 4) is 0 Å². The van der Waals surface area contributed by atoms with E-state index in [4.69, 9.17) is 0 Å². The topological polar surface area (TPSA) is 80.1 Å². The van der Waals surface area contributed by atoms with E-state index in [0.29, 0.717) is 17.2 Å². The summed E-state index contributed by atoms with van der Waals surface area (Å²) in [6, 6.07) is 1.63. The van der Waals surface area contributed by atoms with Gasteiger partial charge in [0, 0.05) is 12.5 Å². The number of carbonyl (C=O) groups excluding carboxylic acids is 1. The zero-order chi connectivity index (χ0) is 11.0. The Morgan fingerprint density at radius 3 is 3.00 bits per heavy atom. The second kappa shape index (κ2) is 3.30. The Morgan fingerprint density at radius 1 is 1.60 bits per heavy atom. The average molecular weight is 206 g/mol. The van der Waals surface area contributed by atoms with Crippen LogP contribution < -0.4 is 5.69 Å². The molecule has 0 aromatic carbocycles. The fourth-order valence-electron chi connectivity index (χ4n) is 1.50. The van der Waals surface area contributed by atoms with Gasteiger partial charge in [0.1, 0.15) is 11.6 Å². The van der Waals surface area contributed by atoms with Gasteiger partial charge in [-0.05, 0) is 13.8 Å². The van der Waals surface area contributed by atoms with Gasteiger partial charge < -0.3 is 0 Å². The molecule has 0 radical (unpaired) electrons. The highest BCUT2D eigenvalue weighted by Crippen LogP contribution is 2.03. The minimum absolute atomic E-state index is 0.0316. The van der Waals surface area contributed by atoms with E-state index < -0.39 is 0 Å². The van der Waals surface area contributed by atoms with Crippen LogP contribution in [0.5, 0.6) is 0 Å². The van der Waals surface area contributed by atoms with Gasteiger partial charge in [0.2, 0.25) is 0 Å². The lowest BCUT2D eigenvalue weighted by Crippen LogP contribution is -2.14. The van der Waals surface area contributed by atoms with Crippen molar-refractivity contribution >= 4 is 11.4 Å². The molecule has 0 saturated heterocycles. The molecule has 0 aliphatic carbocycles. The molecule has 0 bridgehead atoms. The zero-order valence-corrected chi connectivity index (χ0v) is 8.44. The van der Waals surface area contributed by atoms with Gasteiger partial charge in [0.15, 0.2) is 5.65 Å². The third kappa shape index (κ3) is 1.65. The number of H-pyrrole nitrogens is 1. The molecule has 0 aliphatic rings. The molecule has 0 atom stereocenters. The summed E-state index contributed by atoms with van der Waals surface area (Å²) < 4.78 is 1.36. The maximum Gasteiger partial charge on any atom is 0.349 e.